The SMILES string of the molecule is CSCCCOC(=O)c1ccc(C(/C=C(\N)C(F)(F)F)=Nc2ccccc2Cl)cc1. The van der Waals surface area contributed by atoms with Crippen LogP contribution < -0.4 is 5.73 Å². The Balaban J connectivity index is 2.33. The molecule has 0 aliphatic heterocycles. The largest absolute Gasteiger partial charge is 0.462 e. The summed E-state index contributed by atoms with van der Waals surface area (Å²) in [5, 5.41) is 0.277. The van der Waals surface area contributed by atoms with Gasteiger partial charge in [0, 0.05) is 5.56 Å². The number of ether oxygens (including phenoxy) is 1. The fourth-order valence-electron chi connectivity index (χ4n) is 2.31. The van der Waals surface area contributed by atoms with E-state index in [4.69, 9.17) is 22.1 Å². The molecule has 9 heteroatoms. The molecule has 0 aliphatic rings. The lowest BCUT2D eigenvalue weighted by Gasteiger charge is -2.10. The molecule has 160 valence electrons. The molecule has 0 fully saturated rings. The van der Waals surface area contributed by atoms with Crippen molar-refractivity contribution in [3.05, 3.63) is 76.5 Å². The topological polar surface area (TPSA) is 64.7 Å². The lowest BCUT2D eigenvalue weighted by atomic mass is 10.1. The maximum Gasteiger partial charge on any atom is 0.430 e. The van der Waals surface area contributed by atoms with Gasteiger partial charge in [-0.1, -0.05) is 35.9 Å². The molecule has 0 amide bonds. The van der Waals surface area contributed by atoms with E-state index in [-0.39, 0.29) is 22.0 Å². The number of halogens is 4. The first-order valence-corrected chi connectivity index (χ1v) is 10.6. The van der Waals surface area contributed by atoms with E-state index in [1.165, 1.54) is 24.3 Å². The number of aliphatic imine (C=N–C) groups is 1. The molecule has 0 radical (unpaired) electrons. The number of hydrogen-bond donors (Lipinski definition) is 1. The number of alkyl halides is 3. The van der Waals surface area contributed by atoms with Crippen molar-refractivity contribution in [1.29, 1.82) is 0 Å². The maximum absolute atomic E-state index is 12.9. The van der Waals surface area contributed by atoms with E-state index in [0.717, 1.165) is 18.2 Å². The van der Waals surface area contributed by atoms with Gasteiger partial charge in [0.1, 0.15) is 5.70 Å². The molecular weight excluding hydrogens is 437 g/mol. The second-order valence-corrected chi connectivity index (χ2v) is 7.50. The van der Waals surface area contributed by atoms with Crippen LogP contribution in [0.2, 0.25) is 5.02 Å². The van der Waals surface area contributed by atoms with Gasteiger partial charge in [0.25, 0.3) is 0 Å². The Bertz CT molecular complexity index is 929. The second kappa shape index (κ2) is 11.1. The van der Waals surface area contributed by atoms with Gasteiger partial charge < -0.3 is 10.5 Å². The van der Waals surface area contributed by atoms with E-state index in [0.29, 0.717) is 12.2 Å². The van der Waals surface area contributed by atoms with Crippen LogP contribution in [-0.4, -0.2) is 36.5 Å². The predicted molar refractivity (Wildman–Crippen MR) is 116 cm³/mol. The van der Waals surface area contributed by atoms with Crippen molar-refractivity contribution in [2.75, 3.05) is 18.6 Å². The standard InChI is InChI=1S/C21H20ClF3N2O2S/c1-30-12-4-11-29-20(28)15-9-7-14(8-10-15)18(13-19(26)21(23,24)25)27-17-6-3-2-5-16(17)22/h2-3,5-10,13H,4,11-12,26H2,1H3/b19-13-,27-18?. The molecule has 0 heterocycles. The average Bonchev–Trinajstić information content (AvgIpc) is 2.71. The lowest BCUT2D eigenvalue weighted by Crippen LogP contribution is -2.21. The van der Waals surface area contributed by atoms with Crippen LogP contribution >= 0.6 is 23.4 Å². The van der Waals surface area contributed by atoms with Gasteiger partial charge in [0.2, 0.25) is 0 Å². The van der Waals surface area contributed by atoms with Gasteiger partial charge in [-0.25, -0.2) is 9.79 Å². The Hall–Kier alpha value is -2.45. The first-order chi connectivity index (χ1) is 14.2. The van der Waals surface area contributed by atoms with Crippen LogP contribution in [0.25, 0.3) is 0 Å². The van der Waals surface area contributed by atoms with Crippen molar-refractivity contribution in [3.63, 3.8) is 0 Å². The van der Waals surface area contributed by atoms with E-state index in [2.05, 4.69) is 4.99 Å². The first kappa shape index (κ1) is 23.8. The minimum absolute atomic E-state index is 0.0437. The van der Waals surface area contributed by atoms with Crippen molar-refractivity contribution >= 4 is 40.7 Å². The minimum Gasteiger partial charge on any atom is -0.462 e. The number of hydrogen-bond acceptors (Lipinski definition) is 5. The number of esters is 1. The Morgan fingerprint density at radius 3 is 2.40 bits per heavy atom. The highest BCUT2D eigenvalue weighted by Gasteiger charge is 2.31. The molecule has 0 unspecified atom stereocenters. The molecule has 2 aromatic carbocycles. The van der Waals surface area contributed by atoms with E-state index in [9.17, 15) is 18.0 Å². The summed E-state index contributed by atoms with van der Waals surface area (Å²) in [7, 11) is 0. The highest BCUT2D eigenvalue weighted by molar-refractivity contribution is 7.98. The van der Waals surface area contributed by atoms with Gasteiger partial charge in [0.15, 0.2) is 0 Å². The first-order valence-electron chi connectivity index (χ1n) is 8.86. The number of benzene rings is 2. The van der Waals surface area contributed by atoms with Crippen LogP contribution in [0.4, 0.5) is 18.9 Å². The van der Waals surface area contributed by atoms with Gasteiger partial charge >= 0.3 is 12.1 Å². The predicted octanol–water partition coefficient (Wildman–Crippen LogP) is 5.78. The normalized spacial score (nSPS) is 12.7. The van der Waals surface area contributed by atoms with Crippen LogP contribution in [0, 0.1) is 0 Å². The molecule has 0 aromatic heterocycles. The van der Waals surface area contributed by atoms with Crippen LogP contribution in [0.3, 0.4) is 0 Å². The molecule has 2 rings (SSSR count). The molecule has 0 aliphatic carbocycles. The van der Waals surface area contributed by atoms with Gasteiger partial charge in [0.05, 0.1) is 28.6 Å². The third-order valence-electron chi connectivity index (χ3n) is 3.86. The minimum atomic E-state index is -4.71. The van der Waals surface area contributed by atoms with Crippen molar-refractivity contribution in [1.82, 2.24) is 0 Å². The number of para-hydroxylation sites is 1. The molecule has 30 heavy (non-hydrogen) atoms. The lowest BCUT2D eigenvalue weighted by molar-refractivity contribution is -0.0925. The van der Waals surface area contributed by atoms with Crippen LogP contribution in [-0.2, 0) is 4.74 Å². The quantitative estimate of drug-likeness (QED) is 0.311. The van der Waals surface area contributed by atoms with E-state index >= 15 is 0 Å². The highest BCUT2D eigenvalue weighted by atomic mass is 35.5. The zero-order valence-corrected chi connectivity index (χ0v) is 17.7. The molecule has 2 aromatic rings. The molecule has 0 saturated carbocycles. The summed E-state index contributed by atoms with van der Waals surface area (Å²) in [5.74, 6) is 0.374. The Labute approximate surface area is 182 Å². The molecular formula is C21H20ClF3N2O2S. The average molecular weight is 457 g/mol. The number of carbonyl (C=O) groups is 1. The van der Waals surface area contributed by atoms with Crippen molar-refractivity contribution in [3.8, 4) is 0 Å². The van der Waals surface area contributed by atoms with E-state index in [1.54, 1.807) is 36.0 Å². The Kier molecular flexibility index (Phi) is 8.80. The maximum atomic E-state index is 12.9. The van der Waals surface area contributed by atoms with Gasteiger partial charge in [-0.15, -0.1) is 0 Å². The van der Waals surface area contributed by atoms with E-state index in [1.807, 2.05) is 6.26 Å². The number of nitrogens with zero attached hydrogens (tertiary/aromatic N) is 1. The highest BCUT2D eigenvalue weighted by Crippen LogP contribution is 2.27. The second-order valence-electron chi connectivity index (χ2n) is 6.11. The number of allylic oxidation sites excluding steroid dienone is 2. The third kappa shape index (κ3) is 7.11. The van der Waals surface area contributed by atoms with Crippen LogP contribution in [0.1, 0.15) is 22.3 Å². The number of rotatable bonds is 8. The van der Waals surface area contributed by atoms with Gasteiger partial charge in [-0.3, -0.25) is 0 Å². The number of carbonyl (C=O) groups excluding carboxylic acids is 1. The van der Waals surface area contributed by atoms with Gasteiger partial charge in [-0.05, 0) is 48.8 Å². The smallest absolute Gasteiger partial charge is 0.430 e. The molecule has 4 nitrogen and oxygen atoms in total. The summed E-state index contributed by atoms with van der Waals surface area (Å²) < 4.78 is 44.0. The zero-order chi connectivity index (χ0) is 22.1. The van der Waals surface area contributed by atoms with Gasteiger partial charge in [-0.2, -0.15) is 24.9 Å². The van der Waals surface area contributed by atoms with Crippen LogP contribution in [0.5, 0.6) is 0 Å². The van der Waals surface area contributed by atoms with Crippen molar-refractivity contribution in [2.24, 2.45) is 10.7 Å². The van der Waals surface area contributed by atoms with Crippen molar-refractivity contribution in [2.45, 2.75) is 12.6 Å². The number of nitrogens with two attached hydrogens (primary N) is 1. The molecule has 0 bridgehead atoms. The zero-order valence-electron chi connectivity index (χ0n) is 16.1. The Morgan fingerprint density at radius 1 is 1.17 bits per heavy atom. The fraction of sp³-hybridized carbons (Fsp3) is 0.238. The Morgan fingerprint density at radius 2 is 1.80 bits per heavy atom. The summed E-state index contributed by atoms with van der Waals surface area (Å²) in [6.45, 7) is 0.297. The summed E-state index contributed by atoms with van der Waals surface area (Å²) in [5.41, 5.74) is 4.75. The summed E-state index contributed by atoms with van der Waals surface area (Å²) in [4.78, 5) is 16.3. The monoisotopic (exact) mass is 456 g/mol. The molecule has 0 spiro atoms. The van der Waals surface area contributed by atoms with Crippen LogP contribution in [0.15, 0.2) is 65.3 Å². The molecule has 2 N–H and O–H groups in total. The molecule has 0 saturated heterocycles. The molecule has 0 atom stereocenters. The van der Waals surface area contributed by atoms with Crippen molar-refractivity contribution < 1.29 is 22.7 Å². The fourth-order valence-corrected chi connectivity index (χ4v) is 2.89. The summed E-state index contributed by atoms with van der Waals surface area (Å²) in [6, 6.07) is 12.4. The summed E-state index contributed by atoms with van der Waals surface area (Å²) >= 11 is 7.73. The third-order valence-corrected chi connectivity index (χ3v) is 4.87. The summed E-state index contributed by atoms with van der Waals surface area (Å²) in [6.07, 6.45) is -1.27. The number of thioether (sulfide) groups is 1. The van der Waals surface area contributed by atoms with E-state index < -0.39 is 17.8 Å².